The van der Waals surface area contributed by atoms with E-state index >= 15 is 0 Å². The van der Waals surface area contributed by atoms with Crippen LogP contribution in [0.25, 0.3) is 11.0 Å². The summed E-state index contributed by atoms with van der Waals surface area (Å²) in [6.45, 7) is 2.96. The van der Waals surface area contributed by atoms with Gasteiger partial charge in [-0.3, -0.25) is 0 Å². The molecule has 2 heterocycles. The van der Waals surface area contributed by atoms with Gasteiger partial charge in [-0.1, -0.05) is 12.1 Å². The van der Waals surface area contributed by atoms with E-state index in [-0.39, 0.29) is 6.10 Å². The lowest BCUT2D eigenvalue weighted by atomic mass is 10.1. The first-order valence-corrected chi connectivity index (χ1v) is 9.20. The van der Waals surface area contributed by atoms with E-state index in [0.717, 1.165) is 30.4 Å². The smallest absolute Gasteiger partial charge is 0.347 e. The first-order chi connectivity index (χ1) is 13.6. The minimum absolute atomic E-state index is 0.0516. The molecule has 1 atom stereocenters. The topological polar surface area (TPSA) is 75.0 Å². The number of carbonyl (C=O) groups excluding carboxylic acids is 1. The number of ether oxygens (including phenoxy) is 3. The molecule has 0 radical (unpaired) electrons. The molecule has 0 N–H and O–H groups in total. The van der Waals surface area contributed by atoms with E-state index in [1.807, 2.05) is 6.92 Å². The van der Waals surface area contributed by atoms with Crippen molar-refractivity contribution in [2.45, 2.75) is 25.9 Å². The molecule has 0 aliphatic carbocycles. The lowest BCUT2D eigenvalue weighted by Gasteiger charge is -2.14. The van der Waals surface area contributed by atoms with Crippen LogP contribution < -0.4 is 15.1 Å². The third kappa shape index (κ3) is 3.92. The average molecular weight is 380 g/mol. The van der Waals surface area contributed by atoms with Gasteiger partial charge in [0.1, 0.15) is 29.3 Å². The average Bonchev–Trinajstić information content (AvgIpc) is 3.20. The molecule has 4 rings (SSSR count). The number of carbonyl (C=O) groups is 1. The van der Waals surface area contributed by atoms with E-state index in [0.29, 0.717) is 29.3 Å². The van der Waals surface area contributed by atoms with Crippen LogP contribution in [0.15, 0.2) is 57.7 Å². The standard InChI is InChI=1S/C22H20O6/c1-14-11-21(23)28-20-12-15(8-9-17(14)20)27-22(24)18-6-2-3-7-19(18)26-13-16-5-4-10-25-16/h2-3,6-9,11-12,16H,4-5,10,13H2,1H3. The Balaban J connectivity index is 1.53. The zero-order valence-corrected chi connectivity index (χ0v) is 15.5. The van der Waals surface area contributed by atoms with Crippen molar-refractivity contribution < 1.29 is 23.4 Å². The summed E-state index contributed by atoms with van der Waals surface area (Å²) in [6, 6.07) is 13.3. The fourth-order valence-electron chi connectivity index (χ4n) is 3.25. The van der Waals surface area contributed by atoms with Crippen LogP contribution in [0.1, 0.15) is 28.8 Å². The van der Waals surface area contributed by atoms with E-state index in [1.165, 1.54) is 12.1 Å². The third-order valence-electron chi connectivity index (χ3n) is 4.69. The van der Waals surface area contributed by atoms with Gasteiger partial charge in [-0.2, -0.15) is 0 Å². The summed E-state index contributed by atoms with van der Waals surface area (Å²) in [5.74, 6) is 0.198. The highest BCUT2D eigenvalue weighted by molar-refractivity contribution is 5.94. The first-order valence-electron chi connectivity index (χ1n) is 9.20. The van der Waals surface area contributed by atoms with Crippen molar-refractivity contribution >= 4 is 16.9 Å². The summed E-state index contributed by atoms with van der Waals surface area (Å²) in [6.07, 6.45) is 2.03. The maximum Gasteiger partial charge on any atom is 0.347 e. The fraction of sp³-hybridized carbons (Fsp3) is 0.273. The molecule has 1 aliphatic heterocycles. The summed E-state index contributed by atoms with van der Waals surface area (Å²) < 4.78 is 22.0. The normalized spacial score (nSPS) is 16.2. The number of esters is 1. The quantitative estimate of drug-likeness (QED) is 0.380. The van der Waals surface area contributed by atoms with E-state index in [9.17, 15) is 9.59 Å². The zero-order chi connectivity index (χ0) is 19.5. The lowest BCUT2D eigenvalue weighted by Crippen LogP contribution is -2.18. The molecule has 1 aromatic heterocycles. The van der Waals surface area contributed by atoms with E-state index in [2.05, 4.69) is 0 Å². The van der Waals surface area contributed by atoms with Crippen LogP contribution in [0.5, 0.6) is 11.5 Å². The molecule has 6 nitrogen and oxygen atoms in total. The largest absolute Gasteiger partial charge is 0.490 e. The minimum atomic E-state index is -0.544. The van der Waals surface area contributed by atoms with Crippen molar-refractivity contribution in [3.8, 4) is 11.5 Å². The van der Waals surface area contributed by atoms with Crippen molar-refractivity contribution in [1.82, 2.24) is 0 Å². The number of rotatable bonds is 5. The Labute approximate surface area is 161 Å². The zero-order valence-electron chi connectivity index (χ0n) is 15.5. The number of fused-ring (bicyclic) bond motifs is 1. The van der Waals surface area contributed by atoms with Gasteiger partial charge in [0.05, 0.1) is 6.10 Å². The number of hydrogen-bond acceptors (Lipinski definition) is 6. The van der Waals surface area contributed by atoms with Gasteiger partial charge in [-0.15, -0.1) is 0 Å². The van der Waals surface area contributed by atoms with Crippen LogP contribution in [-0.2, 0) is 4.74 Å². The Bertz CT molecular complexity index is 1060. The highest BCUT2D eigenvalue weighted by Crippen LogP contribution is 2.25. The van der Waals surface area contributed by atoms with Crippen LogP contribution in [0.3, 0.4) is 0 Å². The van der Waals surface area contributed by atoms with Crippen LogP contribution in [0.2, 0.25) is 0 Å². The lowest BCUT2D eigenvalue weighted by molar-refractivity contribution is 0.0644. The highest BCUT2D eigenvalue weighted by atomic mass is 16.5. The molecule has 1 aliphatic rings. The molecule has 0 spiro atoms. The van der Waals surface area contributed by atoms with Gasteiger partial charge < -0.3 is 18.6 Å². The second kappa shape index (κ2) is 7.86. The predicted octanol–water partition coefficient (Wildman–Crippen LogP) is 3.88. The van der Waals surface area contributed by atoms with Crippen LogP contribution in [0.4, 0.5) is 0 Å². The second-order valence-electron chi connectivity index (χ2n) is 6.74. The summed E-state index contributed by atoms with van der Waals surface area (Å²) >= 11 is 0. The predicted molar refractivity (Wildman–Crippen MR) is 103 cm³/mol. The van der Waals surface area contributed by atoms with Crippen molar-refractivity contribution in [2.24, 2.45) is 0 Å². The Morgan fingerprint density at radius 1 is 1.18 bits per heavy atom. The summed E-state index contributed by atoms with van der Waals surface area (Å²) in [5.41, 5.74) is 1.06. The summed E-state index contributed by atoms with van der Waals surface area (Å²) in [4.78, 5) is 24.3. The molecule has 3 aromatic rings. The molecule has 0 saturated carbocycles. The molecular weight excluding hydrogens is 360 g/mol. The van der Waals surface area contributed by atoms with Gasteiger partial charge in [0.2, 0.25) is 0 Å². The van der Waals surface area contributed by atoms with Crippen LogP contribution in [0, 0.1) is 6.92 Å². The molecule has 1 unspecified atom stereocenters. The molecule has 0 amide bonds. The molecule has 6 heteroatoms. The molecule has 1 saturated heterocycles. The van der Waals surface area contributed by atoms with Crippen LogP contribution >= 0.6 is 0 Å². The van der Waals surface area contributed by atoms with Crippen LogP contribution in [-0.4, -0.2) is 25.3 Å². The number of aryl methyl sites for hydroxylation is 1. The van der Waals surface area contributed by atoms with Gasteiger partial charge in [0.25, 0.3) is 0 Å². The van der Waals surface area contributed by atoms with Gasteiger partial charge >= 0.3 is 11.6 Å². The van der Waals surface area contributed by atoms with Crippen molar-refractivity contribution in [1.29, 1.82) is 0 Å². The number of benzene rings is 2. The number of para-hydroxylation sites is 1. The maximum atomic E-state index is 12.7. The number of hydrogen-bond donors (Lipinski definition) is 0. The van der Waals surface area contributed by atoms with Crippen molar-refractivity contribution in [3.05, 3.63) is 70.1 Å². The molecule has 144 valence electrons. The van der Waals surface area contributed by atoms with Gasteiger partial charge in [0.15, 0.2) is 0 Å². The monoisotopic (exact) mass is 380 g/mol. The first kappa shape index (κ1) is 18.3. The minimum Gasteiger partial charge on any atom is -0.490 e. The fourth-order valence-corrected chi connectivity index (χ4v) is 3.25. The Hall–Kier alpha value is -3.12. The third-order valence-corrected chi connectivity index (χ3v) is 4.69. The Kier molecular flexibility index (Phi) is 5.12. The molecule has 2 aromatic carbocycles. The summed E-state index contributed by atoms with van der Waals surface area (Å²) in [5, 5.41) is 0.791. The van der Waals surface area contributed by atoms with Crippen molar-refractivity contribution in [2.75, 3.05) is 13.2 Å². The SMILES string of the molecule is Cc1cc(=O)oc2cc(OC(=O)c3ccccc3OCC3CCCO3)ccc12. The Morgan fingerprint density at radius 2 is 2.04 bits per heavy atom. The van der Waals surface area contributed by atoms with Gasteiger partial charge in [0, 0.05) is 24.1 Å². The van der Waals surface area contributed by atoms with Gasteiger partial charge in [-0.25, -0.2) is 9.59 Å². The Morgan fingerprint density at radius 3 is 2.86 bits per heavy atom. The summed E-state index contributed by atoms with van der Waals surface area (Å²) in [7, 11) is 0. The van der Waals surface area contributed by atoms with E-state index in [1.54, 1.807) is 36.4 Å². The van der Waals surface area contributed by atoms with E-state index in [4.69, 9.17) is 18.6 Å². The van der Waals surface area contributed by atoms with E-state index < -0.39 is 11.6 Å². The highest BCUT2D eigenvalue weighted by Gasteiger charge is 2.19. The molecule has 0 bridgehead atoms. The van der Waals surface area contributed by atoms with Gasteiger partial charge in [-0.05, 0) is 49.6 Å². The molecule has 28 heavy (non-hydrogen) atoms. The molecular formula is C22H20O6. The van der Waals surface area contributed by atoms with Crippen molar-refractivity contribution in [3.63, 3.8) is 0 Å². The maximum absolute atomic E-state index is 12.7. The second-order valence-corrected chi connectivity index (χ2v) is 6.74. The molecule has 1 fully saturated rings.